The van der Waals surface area contributed by atoms with Gasteiger partial charge >= 0.3 is 6.18 Å². The van der Waals surface area contributed by atoms with E-state index in [9.17, 15) is 18.0 Å². The third kappa shape index (κ3) is 4.79. The number of nitrogens with one attached hydrogen (secondary N) is 1. The van der Waals surface area contributed by atoms with E-state index in [1.165, 1.54) is 41.0 Å². The summed E-state index contributed by atoms with van der Waals surface area (Å²) in [6.45, 7) is 0.0338. The predicted molar refractivity (Wildman–Crippen MR) is 117 cm³/mol. The van der Waals surface area contributed by atoms with Crippen molar-refractivity contribution in [2.75, 3.05) is 13.2 Å². The monoisotopic (exact) mass is 462 g/mol. The van der Waals surface area contributed by atoms with Crippen LogP contribution in [0.3, 0.4) is 0 Å². The van der Waals surface area contributed by atoms with Gasteiger partial charge in [0, 0.05) is 28.1 Å². The largest absolute Gasteiger partial charge is 0.416 e. The number of alkyl halides is 3. The maximum absolute atomic E-state index is 13.0. The number of aliphatic hydroxyl groups is 1. The van der Waals surface area contributed by atoms with Crippen molar-refractivity contribution in [2.45, 2.75) is 12.6 Å². The fraction of sp³-hybridized carbons (Fsp3) is 0.182. The summed E-state index contributed by atoms with van der Waals surface area (Å²) >= 11 is 2.76. The van der Waals surface area contributed by atoms with Gasteiger partial charge in [0.2, 0.25) is 0 Å². The van der Waals surface area contributed by atoms with Crippen LogP contribution in [0.5, 0.6) is 0 Å². The molecule has 0 aliphatic heterocycles. The number of hydrogen-bond donors (Lipinski definition) is 2. The first-order valence-corrected chi connectivity index (χ1v) is 11.0. The Hall–Kier alpha value is -2.75. The minimum Gasteiger partial charge on any atom is -0.395 e. The normalized spacial score (nSPS) is 11.7. The van der Waals surface area contributed by atoms with E-state index in [1.807, 2.05) is 24.3 Å². The number of thiazole rings is 1. The molecule has 0 fully saturated rings. The highest BCUT2D eigenvalue weighted by atomic mass is 32.1. The molecule has 4 nitrogen and oxygen atoms in total. The second-order valence-corrected chi connectivity index (χ2v) is 8.99. The Balaban J connectivity index is 1.63. The van der Waals surface area contributed by atoms with Gasteiger partial charge in [-0.05, 0) is 23.1 Å². The first-order chi connectivity index (χ1) is 14.8. The molecule has 160 valence electrons. The van der Waals surface area contributed by atoms with Gasteiger partial charge in [-0.25, -0.2) is 4.98 Å². The van der Waals surface area contributed by atoms with Crippen molar-refractivity contribution < 1.29 is 23.1 Å². The second kappa shape index (κ2) is 8.78. The molecule has 0 spiro atoms. The number of fused-ring (bicyclic) bond motifs is 1. The molecule has 0 saturated heterocycles. The highest BCUT2D eigenvalue weighted by molar-refractivity contribution is 7.21. The molecule has 0 aliphatic rings. The molecule has 2 heterocycles. The molecule has 0 saturated carbocycles. The Bertz CT molecular complexity index is 1230. The van der Waals surface area contributed by atoms with Crippen molar-refractivity contribution >= 4 is 38.7 Å². The smallest absolute Gasteiger partial charge is 0.395 e. The van der Waals surface area contributed by atoms with Crippen molar-refractivity contribution in [2.24, 2.45) is 0 Å². The van der Waals surface area contributed by atoms with Crippen LogP contribution in [-0.2, 0) is 12.6 Å². The highest BCUT2D eigenvalue weighted by Crippen LogP contribution is 2.38. The molecule has 2 N–H and O–H groups in total. The number of nitrogens with zero attached hydrogens (tertiary/aromatic N) is 1. The summed E-state index contributed by atoms with van der Waals surface area (Å²) in [6, 6.07) is 13.1. The van der Waals surface area contributed by atoms with Crippen molar-refractivity contribution in [3.05, 3.63) is 75.6 Å². The van der Waals surface area contributed by atoms with Crippen LogP contribution in [0.15, 0.2) is 54.7 Å². The molecule has 0 radical (unpaired) electrons. The SMILES string of the molecule is O=C(NCCO)c1cnc(-c2cccc3cc(Cc4cccc(C(F)(F)F)c4)sc23)s1. The van der Waals surface area contributed by atoms with E-state index in [0.717, 1.165) is 26.6 Å². The van der Waals surface area contributed by atoms with Gasteiger partial charge in [-0.2, -0.15) is 13.2 Å². The molecule has 0 bridgehead atoms. The lowest BCUT2D eigenvalue weighted by atomic mass is 10.1. The minimum absolute atomic E-state index is 0.138. The van der Waals surface area contributed by atoms with Gasteiger partial charge in [0.1, 0.15) is 9.88 Å². The number of aromatic nitrogens is 1. The molecule has 0 unspecified atom stereocenters. The van der Waals surface area contributed by atoms with Gasteiger partial charge in [-0.3, -0.25) is 4.79 Å². The van der Waals surface area contributed by atoms with E-state index in [0.29, 0.717) is 21.9 Å². The minimum atomic E-state index is -4.37. The van der Waals surface area contributed by atoms with Gasteiger partial charge in [0.25, 0.3) is 5.91 Å². The zero-order chi connectivity index (χ0) is 22.0. The molecule has 9 heteroatoms. The summed E-state index contributed by atoms with van der Waals surface area (Å²) < 4.78 is 40.0. The Kier molecular flexibility index (Phi) is 6.08. The van der Waals surface area contributed by atoms with Crippen molar-refractivity contribution in [3.8, 4) is 10.6 Å². The summed E-state index contributed by atoms with van der Waals surface area (Å²) in [5.41, 5.74) is 0.825. The number of halogens is 3. The van der Waals surface area contributed by atoms with E-state index in [1.54, 1.807) is 6.07 Å². The van der Waals surface area contributed by atoms with E-state index < -0.39 is 11.7 Å². The fourth-order valence-electron chi connectivity index (χ4n) is 3.19. The lowest BCUT2D eigenvalue weighted by Crippen LogP contribution is -2.25. The quantitative estimate of drug-likeness (QED) is 0.406. The maximum Gasteiger partial charge on any atom is 0.416 e. The number of thiophene rings is 1. The van der Waals surface area contributed by atoms with E-state index in [2.05, 4.69) is 10.3 Å². The zero-order valence-corrected chi connectivity index (χ0v) is 17.7. The summed E-state index contributed by atoms with van der Waals surface area (Å²) in [5, 5.41) is 13.1. The van der Waals surface area contributed by atoms with E-state index in [4.69, 9.17) is 5.11 Å². The van der Waals surface area contributed by atoms with Crippen LogP contribution in [0.25, 0.3) is 20.7 Å². The molecule has 1 amide bonds. The Morgan fingerprint density at radius 3 is 2.68 bits per heavy atom. The molecule has 2 aromatic heterocycles. The number of benzene rings is 2. The van der Waals surface area contributed by atoms with Gasteiger partial charge in [0.05, 0.1) is 18.4 Å². The summed E-state index contributed by atoms with van der Waals surface area (Å²) in [4.78, 5) is 17.9. The number of carbonyl (C=O) groups is 1. The summed E-state index contributed by atoms with van der Waals surface area (Å²) in [6.07, 6.45) is -2.46. The highest BCUT2D eigenvalue weighted by Gasteiger charge is 2.30. The first-order valence-electron chi connectivity index (χ1n) is 9.38. The van der Waals surface area contributed by atoms with Crippen LogP contribution in [0.4, 0.5) is 13.2 Å². The zero-order valence-electron chi connectivity index (χ0n) is 16.1. The van der Waals surface area contributed by atoms with Crippen molar-refractivity contribution in [1.82, 2.24) is 10.3 Å². The van der Waals surface area contributed by atoms with Crippen LogP contribution in [0.1, 0.15) is 25.7 Å². The molecule has 31 heavy (non-hydrogen) atoms. The molecule has 4 aromatic rings. The molecule has 2 aromatic carbocycles. The Labute approximate surface area is 184 Å². The number of hydrogen-bond acceptors (Lipinski definition) is 5. The van der Waals surface area contributed by atoms with Crippen LogP contribution < -0.4 is 5.32 Å². The lowest BCUT2D eigenvalue weighted by Gasteiger charge is -2.08. The predicted octanol–water partition coefficient (Wildman–Crippen LogP) is 5.36. The fourth-order valence-corrected chi connectivity index (χ4v) is 5.33. The number of rotatable bonds is 6. The average Bonchev–Trinajstić information content (AvgIpc) is 3.38. The van der Waals surface area contributed by atoms with Crippen LogP contribution in [-0.4, -0.2) is 29.1 Å². The molecule has 0 atom stereocenters. The van der Waals surface area contributed by atoms with Gasteiger partial charge in [-0.1, -0.05) is 36.4 Å². The Morgan fingerprint density at radius 2 is 1.90 bits per heavy atom. The third-order valence-electron chi connectivity index (χ3n) is 4.59. The molecular formula is C22H17F3N2O2S2. The number of amides is 1. The molecule has 4 rings (SSSR count). The van der Waals surface area contributed by atoms with Crippen LogP contribution >= 0.6 is 22.7 Å². The maximum atomic E-state index is 13.0. The van der Waals surface area contributed by atoms with Crippen LogP contribution in [0, 0.1) is 0 Å². The van der Waals surface area contributed by atoms with Gasteiger partial charge in [0.15, 0.2) is 0 Å². The topological polar surface area (TPSA) is 62.2 Å². The Morgan fingerprint density at radius 1 is 1.10 bits per heavy atom. The summed E-state index contributed by atoms with van der Waals surface area (Å²) in [7, 11) is 0. The first kappa shape index (κ1) is 21.5. The average molecular weight is 463 g/mol. The number of aliphatic hydroxyl groups excluding tert-OH is 1. The van der Waals surface area contributed by atoms with Crippen molar-refractivity contribution in [3.63, 3.8) is 0 Å². The van der Waals surface area contributed by atoms with E-state index >= 15 is 0 Å². The lowest BCUT2D eigenvalue weighted by molar-refractivity contribution is -0.137. The van der Waals surface area contributed by atoms with Crippen molar-refractivity contribution in [1.29, 1.82) is 0 Å². The van der Waals surface area contributed by atoms with Crippen LogP contribution in [0.2, 0.25) is 0 Å². The van der Waals surface area contributed by atoms with E-state index in [-0.39, 0.29) is 19.1 Å². The molecular weight excluding hydrogens is 445 g/mol. The second-order valence-electron chi connectivity index (χ2n) is 6.82. The molecule has 0 aliphatic carbocycles. The standard InChI is InChI=1S/C22H17F3N2O2S2/c23-22(24,25)15-5-1-3-13(9-15)10-16-11-14-4-2-6-17(19(14)30-16)21-27-12-18(31-21)20(29)26-7-8-28/h1-6,9,11-12,28H,7-8,10H2,(H,26,29). The van der Waals surface area contributed by atoms with Gasteiger partial charge in [-0.15, -0.1) is 22.7 Å². The third-order valence-corrected chi connectivity index (χ3v) is 6.80. The summed E-state index contributed by atoms with van der Waals surface area (Å²) in [5.74, 6) is -0.290. The van der Waals surface area contributed by atoms with Gasteiger partial charge < -0.3 is 10.4 Å². The number of carbonyl (C=O) groups excluding carboxylic acids is 1.